The fourth-order valence-corrected chi connectivity index (χ4v) is 3.72. The number of aliphatic hydroxyl groups excluding tert-OH is 2. The van der Waals surface area contributed by atoms with Crippen LogP contribution in [0.4, 0.5) is 0 Å². The van der Waals surface area contributed by atoms with Gasteiger partial charge in [-0.25, -0.2) is 0 Å². The first kappa shape index (κ1) is 16.8. The molecule has 2 aliphatic rings. The van der Waals surface area contributed by atoms with E-state index in [4.69, 9.17) is 4.74 Å². The zero-order chi connectivity index (χ0) is 15.6. The number of hydrogen-bond donors (Lipinski definition) is 2. The number of hydrogen-bond acceptors (Lipinski definition) is 4. The molecule has 122 valence electrons. The van der Waals surface area contributed by atoms with Gasteiger partial charge < -0.3 is 14.9 Å². The smallest absolute Gasteiger partial charge is 0.311 e. The summed E-state index contributed by atoms with van der Waals surface area (Å²) in [4.78, 5) is 12.3. The highest BCUT2D eigenvalue weighted by molar-refractivity contribution is 5.76. The maximum atomic E-state index is 12.3. The second-order valence-electron chi connectivity index (χ2n) is 7.67. The number of esters is 1. The first-order valence-corrected chi connectivity index (χ1v) is 8.35. The first-order chi connectivity index (χ1) is 9.82. The minimum atomic E-state index is -0.813. The van der Waals surface area contributed by atoms with Crippen LogP contribution in [0.15, 0.2) is 0 Å². The van der Waals surface area contributed by atoms with Gasteiger partial charge in [0.05, 0.1) is 24.2 Å². The van der Waals surface area contributed by atoms with Crippen molar-refractivity contribution in [2.45, 2.75) is 71.5 Å². The lowest BCUT2D eigenvalue weighted by molar-refractivity contribution is -0.164. The summed E-state index contributed by atoms with van der Waals surface area (Å²) in [7, 11) is 0. The van der Waals surface area contributed by atoms with Crippen LogP contribution in [0.2, 0.25) is 0 Å². The van der Waals surface area contributed by atoms with Gasteiger partial charge in [-0.05, 0) is 56.8 Å². The molecule has 0 aromatic heterocycles. The van der Waals surface area contributed by atoms with E-state index >= 15 is 0 Å². The summed E-state index contributed by atoms with van der Waals surface area (Å²) in [5, 5.41) is 19.4. The van der Waals surface area contributed by atoms with Crippen molar-refractivity contribution in [1.29, 1.82) is 0 Å². The van der Waals surface area contributed by atoms with Gasteiger partial charge in [-0.3, -0.25) is 4.79 Å². The highest BCUT2D eigenvalue weighted by Crippen LogP contribution is 2.38. The number of aliphatic hydroxyl groups is 2. The van der Waals surface area contributed by atoms with E-state index in [1.165, 1.54) is 6.42 Å². The zero-order valence-electron chi connectivity index (χ0n) is 13.5. The molecule has 6 atom stereocenters. The zero-order valence-corrected chi connectivity index (χ0v) is 13.5. The summed E-state index contributed by atoms with van der Waals surface area (Å²) in [6, 6.07) is 0. The van der Waals surface area contributed by atoms with Crippen LogP contribution in [-0.2, 0) is 9.53 Å². The fraction of sp³-hybridized carbons (Fsp3) is 0.941. The van der Waals surface area contributed by atoms with Crippen molar-refractivity contribution in [3.8, 4) is 0 Å². The molecule has 2 N–H and O–H groups in total. The monoisotopic (exact) mass is 298 g/mol. The second kappa shape index (κ2) is 6.66. The van der Waals surface area contributed by atoms with Crippen molar-refractivity contribution >= 4 is 5.97 Å². The maximum Gasteiger partial charge on any atom is 0.311 e. The Kier molecular flexibility index (Phi) is 5.31. The average Bonchev–Trinajstić information content (AvgIpc) is 2.44. The number of rotatable bonds is 3. The van der Waals surface area contributed by atoms with Crippen molar-refractivity contribution in [2.75, 3.05) is 6.61 Å². The van der Waals surface area contributed by atoms with Crippen molar-refractivity contribution in [2.24, 2.45) is 23.2 Å². The molecular formula is C17H30O4. The topological polar surface area (TPSA) is 66.8 Å². The fourth-order valence-electron chi connectivity index (χ4n) is 3.72. The maximum absolute atomic E-state index is 12.3. The van der Waals surface area contributed by atoms with Crippen molar-refractivity contribution < 1.29 is 19.7 Å². The molecule has 0 radical (unpaired) electrons. The van der Waals surface area contributed by atoms with Crippen molar-refractivity contribution in [3.05, 3.63) is 0 Å². The molecule has 0 bridgehead atoms. The molecule has 4 heteroatoms. The summed E-state index contributed by atoms with van der Waals surface area (Å²) in [6.07, 6.45) is 3.31. The molecule has 0 heterocycles. The Morgan fingerprint density at radius 2 is 1.86 bits per heavy atom. The Morgan fingerprint density at radius 1 is 1.14 bits per heavy atom. The predicted molar refractivity (Wildman–Crippen MR) is 80.6 cm³/mol. The van der Waals surface area contributed by atoms with E-state index in [2.05, 4.69) is 13.8 Å². The quantitative estimate of drug-likeness (QED) is 0.786. The largest absolute Gasteiger partial charge is 0.465 e. The van der Waals surface area contributed by atoms with E-state index in [1.807, 2.05) is 6.92 Å². The Labute approximate surface area is 127 Å². The molecule has 0 spiro atoms. The van der Waals surface area contributed by atoms with E-state index in [9.17, 15) is 15.0 Å². The average molecular weight is 298 g/mol. The van der Waals surface area contributed by atoms with E-state index in [0.717, 1.165) is 18.8 Å². The number of ether oxygens (including phenoxy) is 1. The van der Waals surface area contributed by atoms with Crippen LogP contribution < -0.4 is 0 Å². The minimum Gasteiger partial charge on any atom is -0.465 e. The highest BCUT2D eigenvalue weighted by Gasteiger charge is 2.43. The molecule has 2 aliphatic carbocycles. The van der Waals surface area contributed by atoms with E-state index in [-0.39, 0.29) is 5.97 Å². The molecule has 4 nitrogen and oxygen atoms in total. The standard InChI is InChI=1S/C17H30O4/c1-11-4-5-13(8-12(11)2)10-21-16(20)17(3)7-6-14(18)15(19)9-17/h11-15,18-19H,4-10H2,1-3H3. The molecule has 21 heavy (non-hydrogen) atoms. The van der Waals surface area contributed by atoms with Gasteiger partial charge in [0.15, 0.2) is 0 Å². The van der Waals surface area contributed by atoms with E-state index in [0.29, 0.717) is 37.7 Å². The van der Waals surface area contributed by atoms with Crippen LogP contribution in [0, 0.1) is 23.2 Å². The van der Waals surface area contributed by atoms with Gasteiger partial charge in [0.1, 0.15) is 0 Å². The van der Waals surface area contributed by atoms with Gasteiger partial charge >= 0.3 is 5.97 Å². The molecule has 0 aromatic rings. The molecule has 2 rings (SSSR count). The van der Waals surface area contributed by atoms with Gasteiger partial charge in [-0.15, -0.1) is 0 Å². The van der Waals surface area contributed by atoms with Crippen LogP contribution in [0.3, 0.4) is 0 Å². The van der Waals surface area contributed by atoms with Crippen LogP contribution in [-0.4, -0.2) is 35.0 Å². The van der Waals surface area contributed by atoms with Crippen LogP contribution in [0.1, 0.15) is 59.3 Å². The number of carbonyl (C=O) groups excluding carboxylic acids is 1. The second-order valence-corrected chi connectivity index (χ2v) is 7.67. The third kappa shape index (κ3) is 3.98. The Balaban J connectivity index is 1.82. The molecule has 0 aromatic carbocycles. The van der Waals surface area contributed by atoms with Gasteiger partial charge in [-0.1, -0.05) is 20.3 Å². The lowest BCUT2D eigenvalue weighted by Crippen LogP contribution is -2.44. The van der Waals surface area contributed by atoms with Crippen molar-refractivity contribution in [3.63, 3.8) is 0 Å². The molecule has 2 fully saturated rings. The molecule has 2 saturated carbocycles. The van der Waals surface area contributed by atoms with Gasteiger partial charge in [-0.2, -0.15) is 0 Å². The third-order valence-electron chi connectivity index (χ3n) is 5.75. The predicted octanol–water partition coefficient (Wildman–Crippen LogP) is 2.51. The summed E-state index contributed by atoms with van der Waals surface area (Å²) >= 11 is 0. The molecular weight excluding hydrogens is 268 g/mol. The molecule has 6 unspecified atom stereocenters. The normalized spacial score (nSPS) is 44.3. The summed E-state index contributed by atoms with van der Waals surface area (Å²) in [6.45, 7) is 6.92. The lowest BCUT2D eigenvalue weighted by atomic mass is 9.73. The SMILES string of the molecule is CC1CCC(COC(=O)C2(C)CCC(O)C(O)C2)CC1C. The first-order valence-electron chi connectivity index (χ1n) is 8.35. The molecule has 0 aliphatic heterocycles. The van der Waals surface area contributed by atoms with Gasteiger partial charge in [0, 0.05) is 0 Å². The van der Waals surface area contributed by atoms with Crippen molar-refractivity contribution in [1.82, 2.24) is 0 Å². The minimum absolute atomic E-state index is 0.209. The Hall–Kier alpha value is -0.610. The van der Waals surface area contributed by atoms with E-state index in [1.54, 1.807) is 0 Å². The summed E-state index contributed by atoms with van der Waals surface area (Å²) in [5.74, 6) is 1.73. The van der Waals surface area contributed by atoms with Crippen LogP contribution in [0.5, 0.6) is 0 Å². The highest BCUT2D eigenvalue weighted by atomic mass is 16.5. The third-order valence-corrected chi connectivity index (χ3v) is 5.75. The Morgan fingerprint density at radius 3 is 2.48 bits per heavy atom. The lowest BCUT2D eigenvalue weighted by Gasteiger charge is -2.37. The Bertz CT molecular complexity index is 370. The van der Waals surface area contributed by atoms with Gasteiger partial charge in [0.2, 0.25) is 0 Å². The molecule has 0 amide bonds. The van der Waals surface area contributed by atoms with Crippen LogP contribution >= 0.6 is 0 Å². The number of carbonyl (C=O) groups is 1. The summed E-state index contributed by atoms with van der Waals surface area (Å²) < 4.78 is 5.56. The summed E-state index contributed by atoms with van der Waals surface area (Å²) in [5.41, 5.74) is -0.647. The van der Waals surface area contributed by atoms with Crippen LogP contribution in [0.25, 0.3) is 0 Å². The van der Waals surface area contributed by atoms with E-state index < -0.39 is 17.6 Å². The molecule has 0 saturated heterocycles. The van der Waals surface area contributed by atoms with Gasteiger partial charge in [0.25, 0.3) is 0 Å².